The standard InChI is InChI=1S/C14H24O4S/c1-3-18-13(15)11-6-9(12-7-14(11,12)2)8-19(16,17)10-4-5-10/h9-13,15H,3-8H2,1-2H3/t9-,11+,12+,13?,14-/m1/s1. The van der Waals surface area contributed by atoms with E-state index in [1.807, 2.05) is 6.92 Å². The van der Waals surface area contributed by atoms with Crippen LogP contribution in [0.4, 0.5) is 0 Å². The highest BCUT2D eigenvalue weighted by molar-refractivity contribution is 7.92. The third-order valence-corrected chi connectivity index (χ3v) is 7.86. The Balaban J connectivity index is 1.67. The summed E-state index contributed by atoms with van der Waals surface area (Å²) in [7, 11) is -2.89. The van der Waals surface area contributed by atoms with Gasteiger partial charge in [-0.05, 0) is 49.9 Å². The molecule has 3 rings (SSSR count). The van der Waals surface area contributed by atoms with Crippen LogP contribution in [0.25, 0.3) is 0 Å². The van der Waals surface area contributed by atoms with Gasteiger partial charge >= 0.3 is 0 Å². The molecule has 4 nitrogen and oxygen atoms in total. The number of fused-ring (bicyclic) bond motifs is 1. The second kappa shape index (κ2) is 4.43. The van der Waals surface area contributed by atoms with Crippen molar-refractivity contribution in [1.29, 1.82) is 0 Å². The molecule has 3 aliphatic rings. The van der Waals surface area contributed by atoms with Crippen molar-refractivity contribution in [3.05, 3.63) is 0 Å². The molecule has 0 radical (unpaired) electrons. The molecule has 0 saturated heterocycles. The van der Waals surface area contributed by atoms with Gasteiger partial charge in [0.25, 0.3) is 0 Å². The number of hydrogen-bond donors (Lipinski definition) is 1. The van der Waals surface area contributed by atoms with Crippen LogP contribution in [0.3, 0.4) is 0 Å². The molecule has 1 N–H and O–H groups in total. The van der Waals surface area contributed by atoms with Gasteiger partial charge in [-0.1, -0.05) is 6.92 Å². The first-order valence-electron chi connectivity index (χ1n) is 7.39. The van der Waals surface area contributed by atoms with Gasteiger partial charge in [0.2, 0.25) is 0 Å². The first-order valence-corrected chi connectivity index (χ1v) is 9.11. The van der Waals surface area contributed by atoms with E-state index >= 15 is 0 Å². The summed E-state index contributed by atoms with van der Waals surface area (Å²) >= 11 is 0. The summed E-state index contributed by atoms with van der Waals surface area (Å²) in [4.78, 5) is 0. The Hall–Kier alpha value is -0.130. The highest BCUT2D eigenvalue weighted by atomic mass is 32.2. The molecule has 0 aromatic heterocycles. The summed E-state index contributed by atoms with van der Waals surface area (Å²) in [6.07, 6.45) is 2.82. The Morgan fingerprint density at radius 2 is 2.11 bits per heavy atom. The van der Waals surface area contributed by atoms with Crippen molar-refractivity contribution in [2.24, 2.45) is 23.2 Å². The molecule has 1 unspecified atom stereocenters. The van der Waals surface area contributed by atoms with Crippen LogP contribution in [0.2, 0.25) is 0 Å². The van der Waals surface area contributed by atoms with Crippen molar-refractivity contribution in [1.82, 2.24) is 0 Å². The highest BCUT2D eigenvalue weighted by Gasteiger charge is 2.66. The van der Waals surface area contributed by atoms with Crippen LogP contribution in [0, 0.1) is 23.2 Å². The summed E-state index contributed by atoms with van der Waals surface area (Å²) in [5.41, 5.74) is 0.109. The van der Waals surface area contributed by atoms with Crippen LogP contribution in [0.1, 0.15) is 39.5 Å². The van der Waals surface area contributed by atoms with E-state index < -0.39 is 16.1 Å². The third kappa shape index (κ3) is 2.34. The van der Waals surface area contributed by atoms with Gasteiger partial charge in [-0.3, -0.25) is 0 Å². The second-order valence-electron chi connectivity index (χ2n) is 6.79. The summed E-state index contributed by atoms with van der Waals surface area (Å²) in [5, 5.41) is 10.0. The van der Waals surface area contributed by atoms with E-state index in [2.05, 4.69) is 6.92 Å². The van der Waals surface area contributed by atoms with Gasteiger partial charge in [0.15, 0.2) is 16.1 Å². The van der Waals surface area contributed by atoms with Gasteiger partial charge < -0.3 is 9.84 Å². The SMILES string of the molecule is CCOC(O)[C@@H]1C[C@H](CS(=O)(=O)C2CC2)[C@@H]2C[C@]12C. The number of rotatable bonds is 6. The van der Waals surface area contributed by atoms with Crippen molar-refractivity contribution >= 4 is 9.84 Å². The first kappa shape index (κ1) is 13.8. The smallest absolute Gasteiger partial charge is 0.157 e. The van der Waals surface area contributed by atoms with Crippen molar-refractivity contribution in [3.8, 4) is 0 Å². The quantitative estimate of drug-likeness (QED) is 0.754. The maximum Gasteiger partial charge on any atom is 0.157 e. The molecule has 3 saturated carbocycles. The fraction of sp³-hybridized carbons (Fsp3) is 1.00. The fourth-order valence-electron chi connectivity index (χ4n) is 4.08. The minimum atomic E-state index is -2.89. The zero-order chi connectivity index (χ0) is 13.8. The van der Waals surface area contributed by atoms with Crippen LogP contribution in [-0.4, -0.2) is 37.4 Å². The Morgan fingerprint density at radius 1 is 1.42 bits per heavy atom. The summed E-state index contributed by atoms with van der Waals surface area (Å²) in [6.45, 7) is 4.55. The van der Waals surface area contributed by atoms with Crippen molar-refractivity contribution in [2.75, 3.05) is 12.4 Å². The van der Waals surface area contributed by atoms with E-state index in [0.717, 1.165) is 25.7 Å². The van der Waals surface area contributed by atoms with Gasteiger partial charge in [-0.15, -0.1) is 0 Å². The molecular formula is C14H24O4S. The molecule has 0 aromatic carbocycles. The largest absolute Gasteiger partial charge is 0.368 e. The van der Waals surface area contributed by atoms with E-state index in [4.69, 9.17) is 4.74 Å². The van der Waals surface area contributed by atoms with Gasteiger partial charge in [0.05, 0.1) is 11.0 Å². The molecule has 110 valence electrons. The Labute approximate surface area is 115 Å². The average molecular weight is 288 g/mol. The molecule has 0 aromatic rings. The van der Waals surface area contributed by atoms with Crippen molar-refractivity contribution in [3.63, 3.8) is 0 Å². The molecule has 19 heavy (non-hydrogen) atoms. The van der Waals surface area contributed by atoms with E-state index in [1.54, 1.807) is 0 Å². The third-order valence-electron chi connectivity index (χ3n) is 5.48. The van der Waals surface area contributed by atoms with Crippen LogP contribution >= 0.6 is 0 Å². The minimum absolute atomic E-state index is 0.0617. The van der Waals surface area contributed by atoms with Gasteiger partial charge in [0.1, 0.15) is 0 Å². The van der Waals surface area contributed by atoms with E-state index in [0.29, 0.717) is 18.3 Å². The van der Waals surface area contributed by atoms with Crippen LogP contribution in [-0.2, 0) is 14.6 Å². The van der Waals surface area contributed by atoms with E-state index in [1.165, 1.54) is 0 Å². The zero-order valence-corrected chi connectivity index (χ0v) is 12.5. The van der Waals surface area contributed by atoms with E-state index in [9.17, 15) is 13.5 Å². The molecule has 0 aliphatic heterocycles. The molecule has 3 fully saturated rings. The van der Waals surface area contributed by atoms with Gasteiger partial charge in [-0.25, -0.2) is 8.42 Å². The average Bonchev–Trinajstić information content (AvgIpc) is 3.19. The van der Waals surface area contributed by atoms with Gasteiger partial charge in [0, 0.05) is 12.5 Å². The molecule has 0 bridgehead atoms. The predicted molar refractivity (Wildman–Crippen MR) is 72.3 cm³/mol. The van der Waals surface area contributed by atoms with Crippen LogP contribution in [0.15, 0.2) is 0 Å². The lowest BCUT2D eigenvalue weighted by molar-refractivity contribution is -0.143. The normalized spacial score (nSPS) is 43.0. The molecule has 5 atom stereocenters. The number of aliphatic hydroxyl groups excluding tert-OH is 1. The highest BCUT2D eigenvalue weighted by Crippen LogP contribution is 2.69. The van der Waals surface area contributed by atoms with E-state index in [-0.39, 0.29) is 22.5 Å². The number of ether oxygens (including phenoxy) is 1. The van der Waals surface area contributed by atoms with Crippen LogP contribution in [0.5, 0.6) is 0 Å². The lowest BCUT2D eigenvalue weighted by Crippen LogP contribution is -2.29. The number of sulfone groups is 1. The Bertz CT molecular complexity index is 456. The molecule has 5 heteroatoms. The molecule has 3 aliphatic carbocycles. The molecule has 0 spiro atoms. The lowest BCUT2D eigenvalue weighted by atomic mass is 9.91. The predicted octanol–water partition coefficient (Wildman–Crippen LogP) is 1.58. The second-order valence-corrected chi connectivity index (χ2v) is 9.12. The molecule has 0 heterocycles. The number of hydrogen-bond acceptors (Lipinski definition) is 4. The lowest BCUT2D eigenvalue weighted by Gasteiger charge is -2.25. The monoisotopic (exact) mass is 288 g/mol. The Morgan fingerprint density at radius 3 is 2.68 bits per heavy atom. The minimum Gasteiger partial charge on any atom is -0.368 e. The maximum absolute atomic E-state index is 12.1. The number of aliphatic hydroxyl groups is 1. The summed E-state index contributed by atoms with van der Waals surface area (Å²) in [5.74, 6) is 1.14. The van der Waals surface area contributed by atoms with Gasteiger partial charge in [-0.2, -0.15) is 0 Å². The summed E-state index contributed by atoms with van der Waals surface area (Å²) < 4.78 is 29.6. The first-order chi connectivity index (χ1) is 8.88. The Kier molecular flexibility index (Phi) is 3.23. The van der Waals surface area contributed by atoms with Crippen molar-refractivity contribution < 1.29 is 18.3 Å². The topological polar surface area (TPSA) is 63.6 Å². The molecular weight excluding hydrogens is 264 g/mol. The van der Waals surface area contributed by atoms with Crippen LogP contribution < -0.4 is 0 Å². The zero-order valence-electron chi connectivity index (χ0n) is 11.7. The molecule has 0 amide bonds. The fourth-order valence-corrected chi connectivity index (χ4v) is 6.17. The van der Waals surface area contributed by atoms with Crippen molar-refractivity contribution in [2.45, 2.75) is 51.1 Å². The maximum atomic E-state index is 12.1. The summed E-state index contributed by atoms with van der Waals surface area (Å²) in [6, 6.07) is 0.